The molecule has 0 bridgehead atoms. The van der Waals surface area contributed by atoms with Crippen molar-refractivity contribution in [2.24, 2.45) is 0 Å². The minimum absolute atomic E-state index is 0.00604. The number of hydrogen-bond donors (Lipinski definition) is 2. The minimum Gasteiger partial charge on any atom is -0.478 e. The number of carboxylic acids is 1. The Labute approximate surface area is 131 Å². The first kappa shape index (κ1) is 16.0. The number of alkyl halides is 3. The number of aliphatic hydroxyl groups excluding tert-OH is 1. The molecule has 24 heavy (non-hydrogen) atoms. The van der Waals surface area contributed by atoms with Gasteiger partial charge in [0.25, 0.3) is 0 Å². The summed E-state index contributed by atoms with van der Waals surface area (Å²) in [6.45, 7) is 0. The van der Waals surface area contributed by atoms with Crippen LogP contribution in [0.25, 0.3) is 21.9 Å². The molecule has 1 heterocycles. The van der Waals surface area contributed by atoms with E-state index in [1.54, 1.807) is 0 Å². The lowest BCUT2D eigenvalue weighted by molar-refractivity contribution is -0.206. The third kappa shape index (κ3) is 2.61. The molecule has 1 aromatic heterocycles. The van der Waals surface area contributed by atoms with Gasteiger partial charge in [0, 0.05) is 0 Å². The Morgan fingerprint density at radius 1 is 1.04 bits per heavy atom. The summed E-state index contributed by atoms with van der Waals surface area (Å²) in [6, 6.07) is 6.64. The number of benzene rings is 2. The molecule has 0 aliphatic carbocycles. The van der Waals surface area contributed by atoms with Gasteiger partial charge in [-0.15, -0.1) is 0 Å². The summed E-state index contributed by atoms with van der Waals surface area (Å²) >= 11 is 0. The molecule has 3 aromatic rings. The van der Waals surface area contributed by atoms with Gasteiger partial charge < -0.3 is 14.6 Å². The summed E-state index contributed by atoms with van der Waals surface area (Å²) in [5.41, 5.74) is -1.23. The zero-order chi connectivity index (χ0) is 17.6. The van der Waals surface area contributed by atoms with Crippen LogP contribution in [0.15, 0.2) is 45.6 Å². The molecular weight excluding hydrogens is 329 g/mol. The van der Waals surface area contributed by atoms with E-state index in [0.29, 0.717) is 0 Å². The van der Waals surface area contributed by atoms with Gasteiger partial charge in [-0.2, -0.15) is 13.2 Å². The number of aliphatic hydroxyl groups is 1. The van der Waals surface area contributed by atoms with E-state index in [1.165, 1.54) is 12.1 Å². The molecule has 5 nitrogen and oxygen atoms in total. The Balaban J connectivity index is 2.26. The van der Waals surface area contributed by atoms with E-state index >= 15 is 0 Å². The Bertz CT molecular complexity index is 1020. The highest BCUT2D eigenvalue weighted by molar-refractivity contribution is 5.96. The fourth-order valence-corrected chi connectivity index (χ4v) is 2.36. The minimum atomic E-state index is -4.85. The summed E-state index contributed by atoms with van der Waals surface area (Å²) in [4.78, 5) is 23.4. The topological polar surface area (TPSA) is 87.7 Å². The van der Waals surface area contributed by atoms with Crippen molar-refractivity contribution in [1.82, 2.24) is 0 Å². The van der Waals surface area contributed by atoms with E-state index in [4.69, 9.17) is 9.52 Å². The van der Waals surface area contributed by atoms with Crippen molar-refractivity contribution in [3.63, 3.8) is 0 Å². The van der Waals surface area contributed by atoms with Crippen LogP contribution in [-0.4, -0.2) is 22.4 Å². The molecule has 1 atom stereocenters. The number of halogens is 3. The van der Waals surface area contributed by atoms with E-state index < -0.39 is 29.2 Å². The normalized spacial score (nSPS) is 13.3. The molecule has 2 N–H and O–H groups in total. The molecule has 0 saturated carbocycles. The smallest absolute Gasteiger partial charge is 0.418 e. The zero-order valence-corrected chi connectivity index (χ0v) is 11.8. The maximum atomic E-state index is 12.6. The lowest BCUT2D eigenvalue weighted by Crippen LogP contribution is -2.20. The van der Waals surface area contributed by atoms with E-state index in [0.717, 1.165) is 24.3 Å². The number of rotatable bonds is 2. The van der Waals surface area contributed by atoms with Crippen molar-refractivity contribution in [3.05, 3.63) is 57.7 Å². The first-order valence-electron chi connectivity index (χ1n) is 6.67. The summed E-state index contributed by atoms with van der Waals surface area (Å²) in [5.74, 6) is -1.22. The van der Waals surface area contributed by atoms with Crippen LogP contribution in [0.3, 0.4) is 0 Å². The van der Waals surface area contributed by atoms with Crippen LogP contribution >= 0.6 is 0 Å². The van der Waals surface area contributed by atoms with Gasteiger partial charge in [0.05, 0.1) is 16.3 Å². The first-order valence-corrected chi connectivity index (χ1v) is 6.67. The zero-order valence-electron chi connectivity index (χ0n) is 11.8. The standard InChI is InChI=1S/C16H9F3O5/c17-16(18,19)14(21)7-1-3-9-12(6-7)24-11-4-2-8(15(22)23)5-10(11)13(9)20/h1-6,14,21H,(H,22,23). The second kappa shape index (κ2) is 5.34. The van der Waals surface area contributed by atoms with Crippen molar-refractivity contribution < 1.29 is 32.6 Å². The number of hydrogen-bond acceptors (Lipinski definition) is 4. The van der Waals surface area contributed by atoms with Gasteiger partial charge in [0.1, 0.15) is 11.2 Å². The van der Waals surface area contributed by atoms with Crippen LogP contribution in [0.4, 0.5) is 13.2 Å². The van der Waals surface area contributed by atoms with Gasteiger partial charge in [-0.05, 0) is 35.9 Å². The quantitative estimate of drug-likeness (QED) is 0.701. The van der Waals surface area contributed by atoms with E-state index in [2.05, 4.69) is 0 Å². The Hall–Kier alpha value is -2.87. The van der Waals surface area contributed by atoms with Crippen molar-refractivity contribution in [1.29, 1.82) is 0 Å². The highest BCUT2D eigenvalue weighted by Crippen LogP contribution is 2.33. The summed E-state index contributed by atoms with van der Waals surface area (Å²) in [6.07, 6.45) is -7.54. The van der Waals surface area contributed by atoms with Crippen molar-refractivity contribution in [2.45, 2.75) is 12.3 Å². The maximum Gasteiger partial charge on any atom is 0.418 e. The summed E-state index contributed by atoms with van der Waals surface area (Å²) < 4.78 is 43.2. The molecule has 0 aliphatic rings. The van der Waals surface area contributed by atoms with Gasteiger partial charge in [-0.3, -0.25) is 4.79 Å². The fraction of sp³-hybridized carbons (Fsp3) is 0.125. The third-order valence-electron chi connectivity index (χ3n) is 3.57. The van der Waals surface area contributed by atoms with Gasteiger partial charge >= 0.3 is 12.1 Å². The molecule has 0 spiro atoms. The highest BCUT2D eigenvalue weighted by atomic mass is 19.4. The SMILES string of the molecule is O=C(O)c1ccc2oc3cc(C(O)C(F)(F)F)ccc3c(=O)c2c1. The summed E-state index contributed by atoms with van der Waals surface area (Å²) in [5, 5.41) is 18.2. The highest BCUT2D eigenvalue weighted by Gasteiger charge is 2.39. The van der Waals surface area contributed by atoms with Crippen molar-refractivity contribution in [3.8, 4) is 0 Å². The molecule has 1 unspecified atom stereocenters. The van der Waals surface area contributed by atoms with E-state index in [9.17, 15) is 27.9 Å². The van der Waals surface area contributed by atoms with Gasteiger partial charge in [-0.1, -0.05) is 6.07 Å². The predicted octanol–water partition coefficient (Wildman–Crippen LogP) is 3.24. The van der Waals surface area contributed by atoms with Crippen LogP contribution in [-0.2, 0) is 0 Å². The molecule has 0 fully saturated rings. The van der Waals surface area contributed by atoms with Gasteiger partial charge in [-0.25, -0.2) is 4.79 Å². The van der Waals surface area contributed by atoms with Crippen LogP contribution in [0.5, 0.6) is 0 Å². The Morgan fingerprint density at radius 3 is 2.38 bits per heavy atom. The second-order valence-corrected chi connectivity index (χ2v) is 5.15. The monoisotopic (exact) mass is 338 g/mol. The Morgan fingerprint density at radius 2 is 1.75 bits per heavy atom. The number of carbonyl (C=O) groups is 1. The second-order valence-electron chi connectivity index (χ2n) is 5.15. The molecular formula is C16H9F3O5. The lowest BCUT2D eigenvalue weighted by Gasteiger charge is -2.15. The number of aromatic carboxylic acids is 1. The average Bonchev–Trinajstić information content (AvgIpc) is 2.52. The van der Waals surface area contributed by atoms with Gasteiger partial charge in [0.15, 0.2) is 6.10 Å². The molecule has 0 radical (unpaired) electrons. The van der Waals surface area contributed by atoms with Crippen molar-refractivity contribution in [2.75, 3.05) is 0 Å². The average molecular weight is 338 g/mol. The van der Waals surface area contributed by atoms with Crippen LogP contribution in [0.1, 0.15) is 22.0 Å². The van der Waals surface area contributed by atoms with Crippen LogP contribution in [0.2, 0.25) is 0 Å². The molecule has 0 amide bonds. The predicted molar refractivity (Wildman–Crippen MR) is 78.0 cm³/mol. The molecule has 124 valence electrons. The first-order chi connectivity index (χ1) is 11.2. The van der Waals surface area contributed by atoms with Crippen molar-refractivity contribution >= 4 is 27.9 Å². The lowest BCUT2D eigenvalue weighted by atomic mass is 10.0. The fourth-order valence-electron chi connectivity index (χ4n) is 2.36. The number of fused-ring (bicyclic) bond motifs is 2. The molecule has 8 heteroatoms. The van der Waals surface area contributed by atoms with Crippen LogP contribution < -0.4 is 5.43 Å². The Kier molecular flexibility index (Phi) is 3.56. The van der Waals surface area contributed by atoms with Crippen LogP contribution in [0, 0.1) is 0 Å². The van der Waals surface area contributed by atoms with E-state index in [1.807, 2.05) is 0 Å². The largest absolute Gasteiger partial charge is 0.478 e. The third-order valence-corrected chi connectivity index (χ3v) is 3.57. The number of carboxylic acid groups (broad SMARTS) is 1. The molecule has 0 aliphatic heterocycles. The van der Waals surface area contributed by atoms with Gasteiger partial charge in [0.2, 0.25) is 5.43 Å². The molecule has 2 aromatic carbocycles. The molecule has 0 saturated heterocycles. The molecule has 3 rings (SSSR count). The summed E-state index contributed by atoms with van der Waals surface area (Å²) in [7, 11) is 0. The maximum absolute atomic E-state index is 12.6. The van der Waals surface area contributed by atoms with E-state index in [-0.39, 0.29) is 27.5 Å².